The van der Waals surface area contributed by atoms with E-state index in [0.29, 0.717) is 12.7 Å². The summed E-state index contributed by atoms with van der Waals surface area (Å²) in [5.74, 6) is -0.133. The standard InChI is InChI=1S/C18H34O3Si/c1-14(21-22(6,7)18(3,4)5)11-9-8-10-12-16-13-20-17(19)15(16)2/h14H,8-13H2,1-7H3/t14-/m1/s1. The number of hydrogen-bond acceptors (Lipinski definition) is 3. The van der Waals surface area contributed by atoms with Gasteiger partial charge in [0.05, 0.1) is 0 Å². The molecule has 1 atom stereocenters. The van der Waals surface area contributed by atoms with Crippen molar-refractivity contribution in [1.29, 1.82) is 0 Å². The minimum absolute atomic E-state index is 0.133. The SMILES string of the molecule is CC1=C(CCCCC[C@@H](C)O[Si](C)(C)C(C)(C)C)COC1=O. The summed E-state index contributed by atoms with van der Waals surface area (Å²) >= 11 is 0. The summed E-state index contributed by atoms with van der Waals surface area (Å²) in [6, 6.07) is 0. The Hall–Kier alpha value is -0.613. The van der Waals surface area contributed by atoms with Gasteiger partial charge in [-0.3, -0.25) is 0 Å². The molecule has 0 aromatic heterocycles. The Morgan fingerprint density at radius 1 is 1.23 bits per heavy atom. The predicted molar refractivity (Wildman–Crippen MR) is 94.5 cm³/mol. The van der Waals surface area contributed by atoms with Gasteiger partial charge in [0.25, 0.3) is 0 Å². The van der Waals surface area contributed by atoms with Crippen LogP contribution >= 0.6 is 0 Å². The molecule has 0 radical (unpaired) electrons. The number of hydrogen-bond donors (Lipinski definition) is 0. The number of ether oxygens (including phenoxy) is 1. The monoisotopic (exact) mass is 326 g/mol. The minimum Gasteiger partial charge on any atom is -0.458 e. The molecular formula is C18H34O3Si. The van der Waals surface area contributed by atoms with Gasteiger partial charge in [-0.25, -0.2) is 4.79 Å². The van der Waals surface area contributed by atoms with Crippen molar-refractivity contribution in [2.24, 2.45) is 0 Å². The first-order valence-electron chi connectivity index (χ1n) is 8.58. The van der Waals surface area contributed by atoms with Crippen LogP contribution in [0.1, 0.15) is 66.7 Å². The molecule has 0 bridgehead atoms. The highest BCUT2D eigenvalue weighted by Crippen LogP contribution is 2.37. The van der Waals surface area contributed by atoms with Crippen LogP contribution in [0.3, 0.4) is 0 Å². The van der Waals surface area contributed by atoms with Gasteiger partial charge in [0.15, 0.2) is 8.32 Å². The van der Waals surface area contributed by atoms with Gasteiger partial charge in [0.1, 0.15) is 6.61 Å². The first kappa shape index (κ1) is 19.4. The first-order chi connectivity index (χ1) is 10.0. The summed E-state index contributed by atoms with van der Waals surface area (Å²) < 4.78 is 11.4. The zero-order valence-corrected chi connectivity index (χ0v) is 16.5. The number of cyclic esters (lactones) is 1. The van der Waals surface area contributed by atoms with Crippen molar-refractivity contribution in [1.82, 2.24) is 0 Å². The molecule has 0 aromatic rings. The zero-order valence-electron chi connectivity index (χ0n) is 15.5. The van der Waals surface area contributed by atoms with Gasteiger partial charge in [-0.2, -0.15) is 0 Å². The molecule has 4 heteroatoms. The summed E-state index contributed by atoms with van der Waals surface area (Å²) in [4.78, 5) is 11.3. The van der Waals surface area contributed by atoms with Crippen LogP contribution in [-0.2, 0) is 14.0 Å². The van der Waals surface area contributed by atoms with E-state index in [1.807, 2.05) is 6.92 Å². The summed E-state index contributed by atoms with van der Waals surface area (Å²) in [6.07, 6.45) is 5.98. The van der Waals surface area contributed by atoms with E-state index in [1.54, 1.807) is 0 Å². The van der Waals surface area contributed by atoms with Gasteiger partial charge in [-0.15, -0.1) is 0 Å². The van der Waals surface area contributed by atoms with Gasteiger partial charge in [-0.1, -0.05) is 33.6 Å². The Labute approximate surface area is 137 Å². The van der Waals surface area contributed by atoms with E-state index in [0.717, 1.165) is 24.8 Å². The largest absolute Gasteiger partial charge is 0.458 e. The lowest BCUT2D eigenvalue weighted by Gasteiger charge is -2.38. The topological polar surface area (TPSA) is 35.5 Å². The van der Waals surface area contributed by atoms with Gasteiger partial charge in [0.2, 0.25) is 0 Å². The van der Waals surface area contributed by atoms with E-state index in [1.165, 1.54) is 18.4 Å². The smallest absolute Gasteiger partial charge is 0.334 e. The van der Waals surface area contributed by atoms with Crippen LogP contribution in [0.15, 0.2) is 11.1 Å². The summed E-state index contributed by atoms with van der Waals surface area (Å²) in [5, 5.41) is 0.278. The molecule has 1 aliphatic rings. The highest BCUT2D eigenvalue weighted by molar-refractivity contribution is 6.74. The van der Waals surface area contributed by atoms with Crippen LogP contribution in [-0.4, -0.2) is 27.0 Å². The molecule has 0 aliphatic carbocycles. The first-order valence-corrected chi connectivity index (χ1v) is 11.5. The van der Waals surface area contributed by atoms with E-state index >= 15 is 0 Å². The highest BCUT2D eigenvalue weighted by Gasteiger charge is 2.38. The molecule has 22 heavy (non-hydrogen) atoms. The third kappa shape index (κ3) is 5.54. The van der Waals surface area contributed by atoms with E-state index < -0.39 is 8.32 Å². The quantitative estimate of drug-likeness (QED) is 0.348. The lowest BCUT2D eigenvalue weighted by molar-refractivity contribution is -0.135. The Kier molecular flexibility index (Phi) is 6.87. The fraction of sp³-hybridized carbons (Fsp3) is 0.833. The van der Waals surface area contributed by atoms with E-state index in [2.05, 4.69) is 40.8 Å². The molecule has 128 valence electrons. The van der Waals surface area contributed by atoms with Crippen molar-refractivity contribution < 1.29 is 14.0 Å². The fourth-order valence-electron chi connectivity index (χ4n) is 2.46. The lowest BCUT2D eigenvalue weighted by Crippen LogP contribution is -2.43. The second-order valence-electron chi connectivity index (χ2n) is 8.09. The van der Waals surface area contributed by atoms with Crippen LogP contribution in [0.25, 0.3) is 0 Å². The van der Waals surface area contributed by atoms with Gasteiger partial charge in [0, 0.05) is 11.7 Å². The van der Waals surface area contributed by atoms with Crippen molar-refractivity contribution in [2.45, 2.75) is 91.0 Å². The van der Waals surface area contributed by atoms with Crippen molar-refractivity contribution in [3.8, 4) is 0 Å². The molecule has 1 heterocycles. The minimum atomic E-state index is -1.64. The third-order valence-electron chi connectivity index (χ3n) is 5.11. The molecule has 0 fully saturated rings. The lowest BCUT2D eigenvalue weighted by atomic mass is 10.0. The average Bonchev–Trinajstić information content (AvgIpc) is 2.68. The van der Waals surface area contributed by atoms with Gasteiger partial charge >= 0.3 is 5.97 Å². The molecule has 0 unspecified atom stereocenters. The van der Waals surface area contributed by atoms with E-state index in [9.17, 15) is 4.79 Å². The highest BCUT2D eigenvalue weighted by atomic mass is 28.4. The maximum absolute atomic E-state index is 11.3. The summed E-state index contributed by atoms with van der Waals surface area (Å²) in [7, 11) is -1.64. The van der Waals surface area contributed by atoms with E-state index in [-0.39, 0.29) is 11.0 Å². The molecule has 0 spiro atoms. The predicted octanol–water partition coefficient (Wildman–Crippen LogP) is 5.22. The number of carbonyl (C=O) groups is 1. The molecule has 0 amide bonds. The maximum Gasteiger partial charge on any atom is 0.334 e. The van der Waals surface area contributed by atoms with Gasteiger partial charge in [-0.05, 0) is 56.8 Å². The van der Waals surface area contributed by atoms with Crippen molar-refractivity contribution >= 4 is 14.3 Å². The number of esters is 1. The molecule has 0 saturated heterocycles. The van der Waals surface area contributed by atoms with Crippen LogP contribution < -0.4 is 0 Å². The fourth-order valence-corrected chi connectivity index (χ4v) is 3.94. The Morgan fingerprint density at radius 3 is 2.36 bits per heavy atom. The third-order valence-corrected chi connectivity index (χ3v) is 9.71. The van der Waals surface area contributed by atoms with Crippen molar-refractivity contribution in [2.75, 3.05) is 6.61 Å². The normalized spacial score (nSPS) is 17.9. The van der Waals surface area contributed by atoms with Crippen LogP contribution in [0.2, 0.25) is 18.1 Å². The van der Waals surface area contributed by atoms with Crippen molar-refractivity contribution in [3.63, 3.8) is 0 Å². The van der Waals surface area contributed by atoms with Crippen LogP contribution in [0.4, 0.5) is 0 Å². The zero-order chi connectivity index (χ0) is 17.0. The number of carbonyl (C=O) groups excluding carboxylic acids is 1. The average molecular weight is 327 g/mol. The number of rotatable bonds is 8. The molecule has 0 N–H and O–H groups in total. The van der Waals surface area contributed by atoms with Crippen LogP contribution in [0.5, 0.6) is 0 Å². The summed E-state index contributed by atoms with van der Waals surface area (Å²) in [5.41, 5.74) is 2.02. The molecular weight excluding hydrogens is 292 g/mol. The van der Waals surface area contributed by atoms with Gasteiger partial charge < -0.3 is 9.16 Å². The Bertz CT molecular complexity index is 419. The Morgan fingerprint density at radius 2 is 1.86 bits per heavy atom. The Balaban J connectivity index is 2.21. The molecule has 1 rings (SSSR count). The van der Waals surface area contributed by atoms with Crippen molar-refractivity contribution in [3.05, 3.63) is 11.1 Å². The van der Waals surface area contributed by atoms with Crippen LogP contribution in [0, 0.1) is 0 Å². The molecule has 0 aromatic carbocycles. The summed E-state index contributed by atoms with van der Waals surface area (Å²) in [6.45, 7) is 16.1. The molecule has 3 nitrogen and oxygen atoms in total. The maximum atomic E-state index is 11.3. The molecule has 1 aliphatic heterocycles. The second kappa shape index (κ2) is 7.78. The number of unbranched alkanes of at least 4 members (excludes halogenated alkanes) is 2. The molecule has 0 saturated carbocycles. The second-order valence-corrected chi connectivity index (χ2v) is 12.8. The van der Waals surface area contributed by atoms with E-state index in [4.69, 9.17) is 9.16 Å².